The first-order chi connectivity index (χ1) is 26.8. The quantitative estimate of drug-likeness (QED) is 0.177. The Bertz CT molecular complexity index is 3190. The zero-order chi connectivity index (χ0) is 35.6. The predicted molar refractivity (Wildman–Crippen MR) is 227 cm³/mol. The summed E-state index contributed by atoms with van der Waals surface area (Å²) in [6.45, 7) is 0. The van der Waals surface area contributed by atoms with E-state index in [-0.39, 0.29) is 0 Å². The Morgan fingerprint density at radius 1 is 0.296 bits per heavy atom. The first-order valence-electron chi connectivity index (χ1n) is 18.5. The fraction of sp³-hybridized carbons (Fsp3) is 0. The van der Waals surface area contributed by atoms with Gasteiger partial charge in [0.2, 0.25) is 0 Å². The lowest BCUT2D eigenvalue weighted by Gasteiger charge is -2.15. The van der Waals surface area contributed by atoms with Crippen molar-refractivity contribution in [2.75, 3.05) is 0 Å². The molecule has 0 fully saturated rings. The van der Waals surface area contributed by atoms with E-state index in [1.54, 1.807) is 0 Å². The molecule has 3 nitrogen and oxygen atoms in total. The van der Waals surface area contributed by atoms with Gasteiger partial charge in [-0.3, -0.25) is 0 Å². The van der Waals surface area contributed by atoms with Gasteiger partial charge >= 0.3 is 0 Å². The van der Waals surface area contributed by atoms with Gasteiger partial charge in [0.1, 0.15) is 0 Å². The Labute approximate surface area is 312 Å². The SMILES string of the molecule is c1ccc(-c2cc3c(-c4cccc(-n5c6ccccc6c6cc7c8ccccc8n(-c8ccccc8)c7cc65)c4)cccc3nc2-c2ccccc2)cc1. The summed E-state index contributed by atoms with van der Waals surface area (Å²) in [5.41, 5.74) is 14.7. The standard InChI is InChI=1S/C51H33N3/c1-4-16-34(17-5-1)42-31-43-39(26-15-27-46(43)52-51(42)35-18-6-2-7-19-35)36-20-14-23-38(30-36)54-48-29-13-11-25-41(48)45-32-44-40-24-10-12-28-47(40)53(49(44)33-50(45)54)37-21-8-3-9-22-37/h1-33H. The Balaban J connectivity index is 1.15. The van der Waals surface area contributed by atoms with Gasteiger partial charge in [0.05, 0.1) is 33.3 Å². The predicted octanol–water partition coefficient (Wildman–Crippen LogP) is 13.4. The fourth-order valence-corrected chi connectivity index (χ4v) is 8.48. The molecule has 0 atom stereocenters. The number of hydrogen-bond acceptors (Lipinski definition) is 1. The number of hydrogen-bond donors (Lipinski definition) is 0. The average Bonchev–Trinajstić information content (AvgIpc) is 3.75. The molecule has 0 unspecified atom stereocenters. The number of aromatic nitrogens is 3. The van der Waals surface area contributed by atoms with Gasteiger partial charge in [-0.15, -0.1) is 0 Å². The molecule has 0 bridgehead atoms. The minimum absolute atomic E-state index is 0.976. The highest BCUT2D eigenvalue weighted by Gasteiger charge is 2.19. The molecule has 11 aromatic rings. The van der Waals surface area contributed by atoms with E-state index < -0.39 is 0 Å². The third kappa shape index (κ3) is 4.72. The molecule has 54 heavy (non-hydrogen) atoms. The van der Waals surface area contributed by atoms with Crippen molar-refractivity contribution < 1.29 is 0 Å². The van der Waals surface area contributed by atoms with E-state index in [1.165, 1.54) is 43.6 Å². The van der Waals surface area contributed by atoms with Crippen LogP contribution in [0, 0.1) is 0 Å². The Morgan fingerprint density at radius 3 is 1.52 bits per heavy atom. The van der Waals surface area contributed by atoms with E-state index in [2.05, 4.69) is 209 Å². The number of nitrogens with zero attached hydrogens (tertiary/aromatic N) is 3. The third-order valence-electron chi connectivity index (χ3n) is 10.9. The van der Waals surface area contributed by atoms with E-state index in [9.17, 15) is 0 Å². The van der Waals surface area contributed by atoms with Crippen LogP contribution < -0.4 is 0 Å². The minimum atomic E-state index is 0.976. The lowest BCUT2D eigenvalue weighted by atomic mass is 9.94. The molecule has 8 aromatic carbocycles. The maximum atomic E-state index is 5.33. The Hall–Kier alpha value is -7.23. The van der Waals surface area contributed by atoms with Crippen LogP contribution in [0.5, 0.6) is 0 Å². The summed E-state index contributed by atoms with van der Waals surface area (Å²) in [4.78, 5) is 5.33. The van der Waals surface area contributed by atoms with Crippen molar-refractivity contribution in [3.8, 4) is 44.9 Å². The Kier molecular flexibility index (Phi) is 6.86. The molecule has 0 aliphatic heterocycles. The van der Waals surface area contributed by atoms with Gasteiger partial charge < -0.3 is 9.13 Å². The maximum absolute atomic E-state index is 5.33. The molecule has 3 aromatic heterocycles. The molecule has 0 aliphatic carbocycles. The largest absolute Gasteiger partial charge is 0.309 e. The summed E-state index contributed by atoms with van der Waals surface area (Å²) in [6.07, 6.45) is 0. The van der Waals surface area contributed by atoms with Crippen molar-refractivity contribution in [3.63, 3.8) is 0 Å². The van der Waals surface area contributed by atoms with E-state index >= 15 is 0 Å². The second kappa shape index (κ2) is 12.2. The smallest absolute Gasteiger partial charge is 0.0788 e. The molecule has 0 aliphatic rings. The van der Waals surface area contributed by atoms with Crippen molar-refractivity contribution in [1.82, 2.24) is 14.1 Å². The van der Waals surface area contributed by atoms with Crippen molar-refractivity contribution >= 4 is 54.5 Å². The number of benzene rings is 8. The fourth-order valence-electron chi connectivity index (χ4n) is 8.48. The zero-order valence-electron chi connectivity index (χ0n) is 29.4. The van der Waals surface area contributed by atoms with Crippen LogP contribution in [0.25, 0.3) is 99.4 Å². The molecule has 11 rings (SSSR count). The molecule has 252 valence electrons. The highest BCUT2D eigenvalue weighted by Crippen LogP contribution is 2.41. The van der Waals surface area contributed by atoms with Crippen LogP contribution in [0.15, 0.2) is 200 Å². The van der Waals surface area contributed by atoms with Gasteiger partial charge in [-0.05, 0) is 77.4 Å². The van der Waals surface area contributed by atoms with Crippen molar-refractivity contribution in [3.05, 3.63) is 200 Å². The number of fused-ring (bicyclic) bond motifs is 7. The Morgan fingerprint density at radius 2 is 0.833 bits per heavy atom. The van der Waals surface area contributed by atoms with Crippen LogP contribution in [-0.4, -0.2) is 14.1 Å². The molecule has 0 saturated heterocycles. The average molecular weight is 688 g/mol. The number of para-hydroxylation sites is 3. The molecule has 0 saturated carbocycles. The maximum Gasteiger partial charge on any atom is 0.0788 e. The van der Waals surface area contributed by atoms with Gasteiger partial charge in [-0.2, -0.15) is 0 Å². The summed E-state index contributed by atoms with van der Waals surface area (Å²) < 4.78 is 4.84. The second-order valence-electron chi connectivity index (χ2n) is 14.0. The number of pyridine rings is 1. The topological polar surface area (TPSA) is 22.8 Å². The highest BCUT2D eigenvalue weighted by atomic mass is 15.0. The van der Waals surface area contributed by atoms with Crippen LogP contribution in [0.2, 0.25) is 0 Å². The minimum Gasteiger partial charge on any atom is -0.309 e. The molecular weight excluding hydrogens is 655 g/mol. The van der Waals surface area contributed by atoms with Gasteiger partial charge in [0.15, 0.2) is 0 Å². The second-order valence-corrected chi connectivity index (χ2v) is 14.0. The van der Waals surface area contributed by atoms with Crippen LogP contribution in [0.3, 0.4) is 0 Å². The molecule has 3 heteroatoms. The zero-order valence-corrected chi connectivity index (χ0v) is 29.4. The van der Waals surface area contributed by atoms with Crippen LogP contribution in [0.4, 0.5) is 0 Å². The first kappa shape index (κ1) is 30.4. The van der Waals surface area contributed by atoms with Crippen LogP contribution in [0.1, 0.15) is 0 Å². The van der Waals surface area contributed by atoms with Crippen LogP contribution in [-0.2, 0) is 0 Å². The molecule has 3 heterocycles. The van der Waals surface area contributed by atoms with E-state index in [4.69, 9.17) is 4.98 Å². The lowest BCUT2D eigenvalue weighted by Crippen LogP contribution is -1.96. The van der Waals surface area contributed by atoms with Crippen LogP contribution >= 0.6 is 0 Å². The summed E-state index contributed by atoms with van der Waals surface area (Å²) in [7, 11) is 0. The molecule has 0 N–H and O–H groups in total. The summed E-state index contributed by atoms with van der Waals surface area (Å²) in [6, 6.07) is 72.0. The van der Waals surface area contributed by atoms with Crippen molar-refractivity contribution in [2.45, 2.75) is 0 Å². The highest BCUT2D eigenvalue weighted by molar-refractivity contribution is 6.19. The van der Waals surface area contributed by atoms with E-state index in [0.29, 0.717) is 0 Å². The van der Waals surface area contributed by atoms with Crippen molar-refractivity contribution in [2.24, 2.45) is 0 Å². The molecule has 0 spiro atoms. The number of rotatable bonds is 5. The van der Waals surface area contributed by atoms with Gasteiger partial charge in [-0.25, -0.2) is 4.98 Å². The molecule has 0 radical (unpaired) electrons. The molecule has 0 amide bonds. The van der Waals surface area contributed by atoms with Crippen molar-refractivity contribution in [1.29, 1.82) is 0 Å². The van der Waals surface area contributed by atoms with Gasteiger partial charge in [0.25, 0.3) is 0 Å². The summed E-state index contributed by atoms with van der Waals surface area (Å²) in [5, 5.41) is 6.13. The van der Waals surface area contributed by atoms with Gasteiger partial charge in [-0.1, -0.05) is 140 Å². The van der Waals surface area contributed by atoms with Gasteiger partial charge in [0, 0.05) is 49.4 Å². The first-order valence-corrected chi connectivity index (χ1v) is 18.5. The summed E-state index contributed by atoms with van der Waals surface area (Å²) in [5.74, 6) is 0. The summed E-state index contributed by atoms with van der Waals surface area (Å²) >= 11 is 0. The third-order valence-corrected chi connectivity index (χ3v) is 10.9. The lowest BCUT2D eigenvalue weighted by molar-refractivity contribution is 1.16. The monoisotopic (exact) mass is 687 g/mol. The molecular formula is C51H33N3. The normalized spacial score (nSPS) is 11.7. The van der Waals surface area contributed by atoms with E-state index in [0.717, 1.165) is 55.8 Å². The van der Waals surface area contributed by atoms with E-state index in [1.807, 2.05) is 0 Å².